The molecule has 3 fully saturated rings. The van der Waals surface area contributed by atoms with Gasteiger partial charge in [0, 0.05) is 36.7 Å². The monoisotopic (exact) mass is 367 g/mol. The molecular formula is C16H25N5O3S. The van der Waals surface area contributed by atoms with Crippen LogP contribution in [0.15, 0.2) is 6.20 Å². The van der Waals surface area contributed by atoms with Crippen molar-refractivity contribution in [3.63, 3.8) is 0 Å². The minimum Gasteiger partial charge on any atom is -0.383 e. The van der Waals surface area contributed by atoms with Gasteiger partial charge in [-0.25, -0.2) is 18.1 Å². The van der Waals surface area contributed by atoms with Gasteiger partial charge in [-0.05, 0) is 26.7 Å². The molecule has 4 rings (SSSR count). The normalized spacial score (nSPS) is 33.8. The van der Waals surface area contributed by atoms with Crippen LogP contribution in [0.5, 0.6) is 0 Å². The molecule has 8 nitrogen and oxygen atoms in total. The zero-order valence-corrected chi connectivity index (χ0v) is 15.4. The van der Waals surface area contributed by atoms with Crippen molar-refractivity contribution in [1.82, 2.24) is 14.7 Å². The summed E-state index contributed by atoms with van der Waals surface area (Å²) in [5.41, 5.74) is 6.60. The molecule has 2 bridgehead atoms. The summed E-state index contributed by atoms with van der Waals surface area (Å²) in [5, 5.41) is 0. The van der Waals surface area contributed by atoms with Crippen molar-refractivity contribution in [3.8, 4) is 0 Å². The Morgan fingerprint density at radius 3 is 3.04 bits per heavy atom. The van der Waals surface area contributed by atoms with Crippen molar-refractivity contribution in [2.24, 2.45) is 11.8 Å². The molecule has 1 aromatic heterocycles. The molecule has 3 aliphatic rings. The average Bonchev–Trinajstić information content (AvgIpc) is 3.23. The van der Waals surface area contributed by atoms with Crippen LogP contribution in [-0.2, 0) is 14.8 Å². The highest BCUT2D eigenvalue weighted by atomic mass is 32.2. The summed E-state index contributed by atoms with van der Waals surface area (Å²) in [7, 11) is -3.19. The Morgan fingerprint density at radius 1 is 1.52 bits per heavy atom. The van der Waals surface area contributed by atoms with Crippen molar-refractivity contribution in [1.29, 1.82) is 0 Å². The molecule has 9 heteroatoms. The van der Waals surface area contributed by atoms with E-state index in [0.717, 1.165) is 31.5 Å². The highest BCUT2D eigenvalue weighted by molar-refractivity contribution is 7.89. The summed E-state index contributed by atoms with van der Waals surface area (Å²) in [6.07, 6.45) is 3.89. The van der Waals surface area contributed by atoms with Gasteiger partial charge in [-0.15, -0.1) is 0 Å². The van der Waals surface area contributed by atoms with Crippen LogP contribution in [0.2, 0.25) is 0 Å². The summed E-state index contributed by atoms with van der Waals surface area (Å²) >= 11 is 0. The number of anilines is 2. The van der Waals surface area contributed by atoms with Gasteiger partial charge in [-0.1, -0.05) is 0 Å². The Labute approximate surface area is 148 Å². The Morgan fingerprint density at radius 2 is 2.32 bits per heavy atom. The van der Waals surface area contributed by atoms with Crippen LogP contribution in [0.3, 0.4) is 0 Å². The van der Waals surface area contributed by atoms with Crippen LogP contribution in [0.25, 0.3) is 0 Å². The van der Waals surface area contributed by atoms with Crippen LogP contribution in [-0.4, -0.2) is 55.5 Å². The largest absolute Gasteiger partial charge is 0.383 e. The third-order valence-corrected chi connectivity index (χ3v) is 7.35. The number of fused-ring (bicyclic) bond motifs is 1. The Balaban J connectivity index is 1.53. The predicted molar refractivity (Wildman–Crippen MR) is 94.7 cm³/mol. The number of hydrogen-bond acceptors (Lipinski definition) is 7. The molecule has 0 radical (unpaired) electrons. The molecular weight excluding hydrogens is 342 g/mol. The lowest BCUT2D eigenvalue weighted by Gasteiger charge is -2.29. The fourth-order valence-corrected chi connectivity index (χ4v) is 5.19. The molecule has 1 aromatic rings. The molecule has 0 amide bonds. The number of nitrogens with one attached hydrogen (secondary N) is 1. The van der Waals surface area contributed by atoms with E-state index in [2.05, 4.69) is 19.6 Å². The first-order valence-electron chi connectivity index (χ1n) is 8.83. The van der Waals surface area contributed by atoms with Gasteiger partial charge >= 0.3 is 0 Å². The van der Waals surface area contributed by atoms with Gasteiger partial charge in [-0.3, -0.25) is 0 Å². The van der Waals surface area contributed by atoms with Crippen LogP contribution >= 0.6 is 0 Å². The standard InChI is InChI=1S/C16H25N5O3S/c1-3-25(22,23)19-7-11-12-8-21(9-16(12)5-4-13(11)24-16)15-18-6-10(2)14(17)20-15/h6,11-13,19H,3-5,7-9H2,1-2H3,(H2,17,18,20)/t11-,12+,13+,16+/m0/s1. The SMILES string of the molecule is CCS(=O)(=O)NC[C@H]1[C@H]2CN(c3ncc(C)c(N)n3)C[C@]23CC[C@H]1O3. The number of rotatable bonds is 5. The van der Waals surface area contributed by atoms with E-state index in [4.69, 9.17) is 10.5 Å². The summed E-state index contributed by atoms with van der Waals surface area (Å²) in [6.45, 7) is 5.50. The third kappa shape index (κ3) is 2.78. The molecule has 3 aliphatic heterocycles. The van der Waals surface area contributed by atoms with Gasteiger partial charge in [0.1, 0.15) is 5.82 Å². The molecule has 25 heavy (non-hydrogen) atoms. The summed E-state index contributed by atoms with van der Waals surface area (Å²) < 4.78 is 32.7. The van der Waals surface area contributed by atoms with Crippen molar-refractivity contribution >= 4 is 21.8 Å². The van der Waals surface area contributed by atoms with Crippen LogP contribution in [0.4, 0.5) is 11.8 Å². The van der Waals surface area contributed by atoms with E-state index in [0.29, 0.717) is 18.3 Å². The van der Waals surface area contributed by atoms with E-state index < -0.39 is 10.0 Å². The fourth-order valence-electron chi connectivity index (χ4n) is 4.54. The number of nitrogens with zero attached hydrogens (tertiary/aromatic N) is 3. The first-order valence-corrected chi connectivity index (χ1v) is 10.5. The maximum absolute atomic E-state index is 11.8. The quantitative estimate of drug-likeness (QED) is 0.769. The molecule has 0 aromatic carbocycles. The molecule has 3 saturated heterocycles. The van der Waals surface area contributed by atoms with E-state index in [1.165, 1.54) is 0 Å². The second-order valence-electron chi connectivity index (χ2n) is 7.40. The van der Waals surface area contributed by atoms with Gasteiger partial charge in [0.25, 0.3) is 0 Å². The van der Waals surface area contributed by atoms with Crippen LogP contribution in [0.1, 0.15) is 25.3 Å². The summed E-state index contributed by atoms with van der Waals surface area (Å²) in [5.74, 6) is 1.72. The number of ether oxygens (including phenoxy) is 1. The number of hydrogen-bond donors (Lipinski definition) is 2. The third-order valence-electron chi connectivity index (χ3n) is 5.98. The molecule has 0 saturated carbocycles. The molecule has 3 N–H and O–H groups in total. The predicted octanol–water partition coefficient (Wildman–Crippen LogP) is 0.290. The zero-order valence-electron chi connectivity index (χ0n) is 14.6. The van der Waals surface area contributed by atoms with Gasteiger partial charge in [0.2, 0.25) is 16.0 Å². The Bertz CT molecular complexity index is 786. The average molecular weight is 367 g/mol. The second kappa shape index (κ2) is 5.78. The van der Waals surface area contributed by atoms with Gasteiger partial charge < -0.3 is 15.4 Å². The molecule has 4 atom stereocenters. The van der Waals surface area contributed by atoms with E-state index in [1.54, 1.807) is 13.1 Å². The topological polar surface area (TPSA) is 110 Å². The number of nitrogen functional groups attached to an aromatic ring is 1. The molecule has 0 unspecified atom stereocenters. The Hall–Kier alpha value is -1.45. The van der Waals surface area contributed by atoms with Crippen LogP contribution in [0, 0.1) is 18.8 Å². The second-order valence-corrected chi connectivity index (χ2v) is 9.50. The molecule has 0 aliphatic carbocycles. The zero-order chi connectivity index (χ0) is 17.8. The maximum Gasteiger partial charge on any atom is 0.227 e. The minimum absolute atomic E-state index is 0.101. The lowest BCUT2D eigenvalue weighted by molar-refractivity contribution is 0.0141. The Kier molecular flexibility index (Phi) is 3.93. The maximum atomic E-state index is 11.8. The van der Waals surface area contributed by atoms with Gasteiger partial charge in [0.15, 0.2) is 0 Å². The molecule has 1 spiro atoms. The number of nitrogens with two attached hydrogens (primary N) is 1. The summed E-state index contributed by atoms with van der Waals surface area (Å²) in [6, 6.07) is 0. The van der Waals surface area contributed by atoms with Crippen molar-refractivity contribution in [2.45, 2.75) is 38.4 Å². The van der Waals surface area contributed by atoms with Crippen molar-refractivity contribution in [2.75, 3.05) is 36.0 Å². The molecule has 138 valence electrons. The smallest absolute Gasteiger partial charge is 0.227 e. The van der Waals surface area contributed by atoms with Crippen LogP contribution < -0.4 is 15.4 Å². The number of aromatic nitrogens is 2. The first kappa shape index (κ1) is 17.0. The van der Waals surface area contributed by atoms with E-state index in [1.807, 2.05) is 6.92 Å². The van der Waals surface area contributed by atoms with E-state index in [-0.39, 0.29) is 29.3 Å². The van der Waals surface area contributed by atoms with Crippen molar-refractivity contribution < 1.29 is 13.2 Å². The highest BCUT2D eigenvalue weighted by Crippen LogP contribution is 2.55. The fraction of sp³-hybridized carbons (Fsp3) is 0.750. The highest BCUT2D eigenvalue weighted by Gasteiger charge is 2.63. The molecule has 4 heterocycles. The van der Waals surface area contributed by atoms with E-state index >= 15 is 0 Å². The minimum atomic E-state index is -3.19. The summed E-state index contributed by atoms with van der Waals surface area (Å²) in [4.78, 5) is 11.0. The lowest BCUT2D eigenvalue weighted by atomic mass is 9.74. The lowest BCUT2D eigenvalue weighted by Crippen LogP contribution is -2.42. The first-order chi connectivity index (χ1) is 11.8. The number of aryl methyl sites for hydroxylation is 1. The number of sulfonamides is 1. The van der Waals surface area contributed by atoms with E-state index in [9.17, 15) is 8.42 Å². The van der Waals surface area contributed by atoms with Crippen molar-refractivity contribution in [3.05, 3.63) is 11.8 Å². The van der Waals surface area contributed by atoms with Gasteiger partial charge in [-0.2, -0.15) is 4.98 Å². The van der Waals surface area contributed by atoms with Gasteiger partial charge in [0.05, 0.1) is 24.0 Å².